The van der Waals surface area contributed by atoms with E-state index in [0.29, 0.717) is 35.2 Å². The molecule has 0 aromatic heterocycles. The van der Waals surface area contributed by atoms with Gasteiger partial charge in [0.2, 0.25) is 0 Å². The third kappa shape index (κ3) is 10.2. The largest absolute Gasteiger partial charge is 0.445 e. The van der Waals surface area contributed by atoms with Crippen molar-refractivity contribution in [1.29, 1.82) is 0 Å². The summed E-state index contributed by atoms with van der Waals surface area (Å²) in [5.74, 6) is -0.777. The Morgan fingerprint density at radius 2 is 1.18 bits per heavy atom. The third-order valence-electron chi connectivity index (χ3n) is 7.71. The van der Waals surface area contributed by atoms with Gasteiger partial charge in [-0.25, -0.2) is 9.59 Å². The van der Waals surface area contributed by atoms with Crippen LogP contribution in [0.3, 0.4) is 0 Å². The standard InChI is InChI=1S/C34H46N2O8/c1-31(2)16-26(36-30(40)44-19-23-10-14-25(15-11-23)28(38)33(5,6)42)17-34(7,20-31)21-35-29(39)43-18-22-8-12-24(13-9-22)27(37)32(3,4)41/h8-15,26,41-42H,16-21H2,1-7H3,(H,35,39)(H,36,40). The SMILES string of the molecule is CC1(C)CC(NC(=O)OCc2ccc(C(=O)C(C)(C)O)cc2)CC(C)(CNC(=O)OCc2ccc(C(=O)C(C)(C)O)cc2)C1. The maximum Gasteiger partial charge on any atom is 0.407 e. The zero-order chi connectivity index (χ0) is 32.9. The number of hydrogen-bond acceptors (Lipinski definition) is 8. The molecule has 2 aromatic rings. The highest BCUT2D eigenvalue weighted by Crippen LogP contribution is 2.45. The average molecular weight is 611 g/mol. The van der Waals surface area contributed by atoms with Gasteiger partial charge in [0.1, 0.15) is 24.4 Å². The highest BCUT2D eigenvalue weighted by atomic mass is 16.6. The highest BCUT2D eigenvalue weighted by Gasteiger charge is 2.42. The van der Waals surface area contributed by atoms with Crippen molar-refractivity contribution in [3.8, 4) is 0 Å². The predicted molar refractivity (Wildman–Crippen MR) is 165 cm³/mol. The molecule has 0 radical (unpaired) electrons. The lowest BCUT2D eigenvalue weighted by atomic mass is 9.62. The molecule has 2 amide bonds. The topological polar surface area (TPSA) is 151 Å². The molecule has 240 valence electrons. The predicted octanol–water partition coefficient (Wildman–Crippen LogP) is 5.33. The molecule has 3 rings (SSSR count). The Morgan fingerprint density at radius 3 is 1.61 bits per heavy atom. The van der Waals surface area contributed by atoms with Crippen LogP contribution in [0.15, 0.2) is 48.5 Å². The summed E-state index contributed by atoms with van der Waals surface area (Å²) in [4.78, 5) is 49.6. The number of carbonyl (C=O) groups excluding carboxylic acids is 4. The molecular formula is C34H46N2O8. The summed E-state index contributed by atoms with van der Waals surface area (Å²) in [6.07, 6.45) is 1.11. The van der Waals surface area contributed by atoms with Crippen LogP contribution in [0.5, 0.6) is 0 Å². The van der Waals surface area contributed by atoms with Crippen LogP contribution >= 0.6 is 0 Å². The lowest BCUT2D eigenvalue weighted by Gasteiger charge is -2.46. The van der Waals surface area contributed by atoms with Gasteiger partial charge in [-0.2, -0.15) is 0 Å². The van der Waals surface area contributed by atoms with E-state index in [2.05, 4.69) is 31.4 Å². The van der Waals surface area contributed by atoms with Gasteiger partial charge in [0, 0.05) is 23.7 Å². The number of rotatable bonds is 11. The van der Waals surface area contributed by atoms with E-state index in [1.807, 2.05) is 0 Å². The Balaban J connectivity index is 1.48. The maximum atomic E-state index is 12.7. The molecule has 2 aromatic carbocycles. The Hall–Kier alpha value is -3.76. The molecule has 0 aliphatic heterocycles. The number of nitrogens with one attached hydrogen (secondary N) is 2. The second kappa shape index (κ2) is 13.5. The van der Waals surface area contributed by atoms with Crippen molar-refractivity contribution in [3.05, 3.63) is 70.8 Å². The van der Waals surface area contributed by atoms with E-state index in [0.717, 1.165) is 12.8 Å². The Labute approximate surface area is 259 Å². The smallest absolute Gasteiger partial charge is 0.407 e. The van der Waals surface area contributed by atoms with E-state index in [4.69, 9.17) is 9.47 Å². The maximum absolute atomic E-state index is 12.7. The van der Waals surface area contributed by atoms with Gasteiger partial charge in [0.05, 0.1) is 0 Å². The van der Waals surface area contributed by atoms with Crippen molar-refractivity contribution in [2.75, 3.05) is 6.54 Å². The number of carbonyl (C=O) groups is 4. The van der Waals surface area contributed by atoms with Crippen LogP contribution in [0.25, 0.3) is 0 Å². The van der Waals surface area contributed by atoms with Crippen molar-refractivity contribution in [2.24, 2.45) is 10.8 Å². The van der Waals surface area contributed by atoms with Gasteiger partial charge < -0.3 is 30.3 Å². The van der Waals surface area contributed by atoms with E-state index in [1.165, 1.54) is 27.7 Å². The van der Waals surface area contributed by atoms with Crippen molar-refractivity contribution >= 4 is 23.8 Å². The molecule has 1 aliphatic carbocycles. The molecule has 10 nitrogen and oxygen atoms in total. The molecule has 1 fully saturated rings. The second-order valence-corrected chi connectivity index (χ2v) is 14.1. The zero-order valence-corrected chi connectivity index (χ0v) is 26.8. The molecule has 0 heterocycles. The molecule has 0 spiro atoms. The summed E-state index contributed by atoms with van der Waals surface area (Å²) < 4.78 is 10.8. The minimum Gasteiger partial charge on any atom is -0.445 e. The molecule has 0 saturated heterocycles. The van der Waals surface area contributed by atoms with Gasteiger partial charge >= 0.3 is 12.2 Å². The van der Waals surface area contributed by atoms with Crippen molar-refractivity contribution < 1.29 is 38.9 Å². The van der Waals surface area contributed by atoms with Crippen molar-refractivity contribution in [1.82, 2.24) is 10.6 Å². The fraction of sp³-hybridized carbons (Fsp3) is 0.529. The first-order valence-corrected chi connectivity index (χ1v) is 14.8. The molecule has 0 bridgehead atoms. The van der Waals surface area contributed by atoms with E-state index in [-0.39, 0.29) is 41.7 Å². The Morgan fingerprint density at radius 1 is 0.750 bits per heavy atom. The minimum absolute atomic E-state index is 0.0273. The summed E-state index contributed by atoms with van der Waals surface area (Å²) in [6.45, 7) is 12.5. The van der Waals surface area contributed by atoms with Crippen LogP contribution < -0.4 is 10.6 Å². The minimum atomic E-state index is -1.47. The second-order valence-electron chi connectivity index (χ2n) is 14.1. The number of ketones is 2. The number of hydrogen-bond donors (Lipinski definition) is 4. The van der Waals surface area contributed by atoms with Gasteiger partial charge in [-0.05, 0) is 68.9 Å². The van der Waals surface area contributed by atoms with Gasteiger partial charge in [-0.15, -0.1) is 0 Å². The normalized spacial score (nSPS) is 19.9. The zero-order valence-electron chi connectivity index (χ0n) is 26.8. The van der Waals surface area contributed by atoms with Crippen LogP contribution in [-0.4, -0.2) is 57.8 Å². The number of benzene rings is 2. The summed E-state index contributed by atoms with van der Waals surface area (Å²) >= 11 is 0. The van der Waals surface area contributed by atoms with E-state index < -0.39 is 23.4 Å². The number of Topliss-reactive ketones (excluding diaryl/α,β-unsaturated/α-hetero) is 2. The lowest BCUT2D eigenvalue weighted by Crippen LogP contribution is -2.50. The fourth-order valence-corrected chi connectivity index (χ4v) is 5.92. The summed E-state index contributed by atoms with van der Waals surface area (Å²) in [6, 6.07) is 13.0. The third-order valence-corrected chi connectivity index (χ3v) is 7.71. The van der Waals surface area contributed by atoms with E-state index in [1.54, 1.807) is 48.5 Å². The average Bonchev–Trinajstić information content (AvgIpc) is 2.91. The molecule has 4 N–H and O–H groups in total. The number of ether oxygens (including phenoxy) is 2. The number of alkyl carbamates (subject to hydrolysis) is 2. The quantitative estimate of drug-likeness (QED) is 0.249. The highest BCUT2D eigenvalue weighted by molar-refractivity contribution is 6.02. The van der Waals surface area contributed by atoms with E-state index in [9.17, 15) is 29.4 Å². The summed E-state index contributed by atoms with van der Waals surface area (Å²) in [5, 5.41) is 25.7. The Kier molecular flexibility index (Phi) is 10.6. The van der Waals surface area contributed by atoms with Crippen molar-refractivity contribution in [2.45, 2.75) is 98.2 Å². The van der Waals surface area contributed by atoms with Crippen LogP contribution in [0, 0.1) is 10.8 Å². The Bertz CT molecular complexity index is 1340. The van der Waals surface area contributed by atoms with Gasteiger partial charge in [-0.1, -0.05) is 69.3 Å². The van der Waals surface area contributed by atoms with E-state index >= 15 is 0 Å². The molecular weight excluding hydrogens is 564 g/mol. The van der Waals surface area contributed by atoms with Crippen LogP contribution in [0.1, 0.15) is 99.6 Å². The molecule has 1 aliphatic rings. The molecule has 2 atom stereocenters. The first-order chi connectivity index (χ1) is 20.3. The first kappa shape index (κ1) is 34.7. The van der Waals surface area contributed by atoms with Crippen molar-refractivity contribution in [3.63, 3.8) is 0 Å². The molecule has 44 heavy (non-hydrogen) atoms. The summed E-state index contributed by atoms with van der Waals surface area (Å²) in [5.41, 5.74) is -1.16. The monoisotopic (exact) mass is 610 g/mol. The van der Waals surface area contributed by atoms with Gasteiger partial charge in [0.15, 0.2) is 11.6 Å². The van der Waals surface area contributed by atoms with Crippen LogP contribution in [0.4, 0.5) is 9.59 Å². The number of amides is 2. The molecule has 2 unspecified atom stereocenters. The number of aliphatic hydroxyl groups is 2. The fourth-order valence-electron chi connectivity index (χ4n) is 5.92. The van der Waals surface area contributed by atoms with Gasteiger partial charge in [-0.3, -0.25) is 9.59 Å². The van der Waals surface area contributed by atoms with Crippen LogP contribution in [0.2, 0.25) is 0 Å². The lowest BCUT2D eigenvalue weighted by molar-refractivity contribution is 0.0487. The molecule has 10 heteroatoms. The first-order valence-electron chi connectivity index (χ1n) is 14.8. The summed E-state index contributed by atoms with van der Waals surface area (Å²) in [7, 11) is 0. The molecule has 1 saturated carbocycles. The van der Waals surface area contributed by atoms with Crippen LogP contribution in [-0.2, 0) is 22.7 Å². The van der Waals surface area contributed by atoms with Gasteiger partial charge in [0.25, 0.3) is 0 Å².